The minimum absolute atomic E-state index is 0.608. The Morgan fingerprint density at radius 2 is 0.648 bits per heavy atom. The molecule has 0 radical (unpaired) electrons. The van der Waals surface area contributed by atoms with E-state index in [1.54, 1.807) is 0 Å². The number of nitrogens with zero attached hydrogens (tertiary/aromatic N) is 2. The number of benzene rings is 12. The van der Waals surface area contributed by atoms with Crippen LogP contribution in [-0.2, 0) is 5.41 Å². The molecule has 0 N–H and O–H groups in total. The number of fused-ring (bicyclic) bond motifs is 6. The van der Waals surface area contributed by atoms with E-state index in [4.69, 9.17) is 0 Å². The van der Waals surface area contributed by atoms with Gasteiger partial charge in [-0.3, -0.25) is 0 Å². The molecule has 0 saturated heterocycles. The van der Waals surface area contributed by atoms with Gasteiger partial charge in [0.25, 0.3) is 0 Å². The van der Waals surface area contributed by atoms with Crippen LogP contribution in [0.5, 0.6) is 0 Å². The first-order chi connectivity index (χ1) is 35.2. The zero-order valence-corrected chi connectivity index (χ0v) is 39.1. The maximum absolute atomic E-state index is 2.50. The van der Waals surface area contributed by atoms with Crippen molar-refractivity contribution in [1.82, 2.24) is 0 Å². The molecule has 0 bridgehead atoms. The first-order valence-electron chi connectivity index (χ1n) is 24.5. The number of anilines is 6. The quantitative estimate of drug-likeness (QED) is 0.126. The first kappa shape index (κ1) is 41.9. The number of hydrogen-bond acceptors (Lipinski definition) is 2. The van der Waals surface area contributed by atoms with Crippen molar-refractivity contribution in [3.8, 4) is 33.4 Å². The standard InChI is InChI=1S/C69H48N2/c1-6-21-49(22-7-1)52-26-18-34-58(43-52)71(59-35-19-27-53(44-59)50-23-8-2-9-24-50)61-37-20-36-60(46-61)70(57-32-14-5-15-33-57)62-41-42-64-66-45-54-40-39-51-25-16-17-38-63(51)65(54)48-68(66)69(67(64)47-62,55-28-10-3-11-29-55)56-30-12-4-13-31-56/h1-48H. The second-order valence-electron chi connectivity index (χ2n) is 18.5. The van der Waals surface area contributed by atoms with E-state index in [0.29, 0.717) is 0 Å². The van der Waals surface area contributed by atoms with Crippen LogP contribution in [0.2, 0.25) is 0 Å². The molecule has 71 heavy (non-hydrogen) atoms. The Bertz CT molecular complexity index is 3750. The maximum Gasteiger partial charge on any atom is 0.0714 e. The van der Waals surface area contributed by atoms with Crippen molar-refractivity contribution in [1.29, 1.82) is 0 Å². The van der Waals surface area contributed by atoms with E-state index in [0.717, 1.165) is 45.3 Å². The molecule has 0 saturated carbocycles. The molecule has 1 aliphatic carbocycles. The molecule has 0 atom stereocenters. The van der Waals surface area contributed by atoms with E-state index in [-0.39, 0.29) is 0 Å². The monoisotopic (exact) mass is 904 g/mol. The predicted octanol–water partition coefficient (Wildman–Crippen LogP) is 18.6. The summed E-state index contributed by atoms with van der Waals surface area (Å²) in [7, 11) is 0. The molecule has 334 valence electrons. The summed E-state index contributed by atoms with van der Waals surface area (Å²) in [5.74, 6) is 0. The lowest BCUT2D eigenvalue weighted by molar-refractivity contribution is 0.769. The van der Waals surface area contributed by atoms with Gasteiger partial charge in [0.05, 0.1) is 5.41 Å². The molecule has 13 rings (SSSR count). The van der Waals surface area contributed by atoms with Crippen LogP contribution >= 0.6 is 0 Å². The molecular formula is C69H48N2. The van der Waals surface area contributed by atoms with Crippen LogP contribution in [0.25, 0.3) is 54.9 Å². The van der Waals surface area contributed by atoms with E-state index in [1.165, 1.54) is 66.1 Å². The summed E-state index contributed by atoms with van der Waals surface area (Å²) in [5, 5.41) is 5.02. The van der Waals surface area contributed by atoms with Gasteiger partial charge in [0.15, 0.2) is 0 Å². The van der Waals surface area contributed by atoms with Gasteiger partial charge in [-0.05, 0) is 156 Å². The Morgan fingerprint density at radius 3 is 1.24 bits per heavy atom. The molecule has 2 heteroatoms. The fourth-order valence-corrected chi connectivity index (χ4v) is 11.3. The van der Waals surface area contributed by atoms with E-state index in [9.17, 15) is 0 Å². The highest BCUT2D eigenvalue weighted by atomic mass is 15.2. The lowest BCUT2D eigenvalue weighted by Gasteiger charge is -2.35. The summed E-state index contributed by atoms with van der Waals surface area (Å²) in [6.45, 7) is 0. The minimum atomic E-state index is -0.608. The minimum Gasteiger partial charge on any atom is -0.310 e. The molecule has 1 aliphatic rings. The Morgan fingerprint density at radius 1 is 0.225 bits per heavy atom. The van der Waals surface area contributed by atoms with Gasteiger partial charge in [0, 0.05) is 34.1 Å². The van der Waals surface area contributed by atoms with Gasteiger partial charge < -0.3 is 9.80 Å². The molecular weight excluding hydrogens is 857 g/mol. The third-order valence-electron chi connectivity index (χ3n) is 14.4. The SMILES string of the molecule is c1ccc(-c2cccc(N(c3cccc(-c4ccccc4)c3)c3cccc(N(c4ccccc4)c4ccc5c(c4)C(c4ccccc4)(c4ccccc4)c4cc6c(ccc7ccccc76)cc4-5)c3)c2)cc1. The van der Waals surface area contributed by atoms with Crippen LogP contribution < -0.4 is 9.80 Å². The largest absolute Gasteiger partial charge is 0.310 e. The van der Waals surface area contributed by atoms with Crippen molar-refractivity contribution in [2.45, 2.75) is 5.41 Å². The van der Waals surface area contributed by atoms with Crippen LogP contribution in [0, 0.1) is 0 Å². The highest BCUT2D eigenvalue weighted by molar-refractivity contribution is 6.10. The third kappa shape index (κ3) is 7.28. The summed E-state index contributed by atoms with van der Waals surface area (Å²) >= 11 is 0. The van der Waals surface area contributed by atoms with Crippen molar-refractivity contribution in [2.24, 2.45) is 0 Å². The van der Waals surface area contributed by atoms with Gasteiger partial charge in [0.1, 0.15) is 0 Å². The van der Waals surface area contributed by atoms with Gasteiger partial charge in [-0.2, -0.15) is 0 Å². The van der Waals surface area contributed by atoms with Crippen molar-refractivity contribution in [3.05, 3.63) is 313 Å². The molecule has 12 aromatic rings. The fraction of sp³-hybridized carbons (Fsp3) is 0.0145. The summed E-state index contributed by atoms with van der Waals surface area (Å²) in [6.07, 6.45) is 0. The molecule has 0 heterocycles. The highest BCUT2D eigenvalue weighted by Crippen LogP contribution is 2.58. The second kappa shape index (κ2) is 17.7. The van der Waals surface area contributed by atoms with Crippen molar-refractivity contribution >= 4 is 55.7 Å². The lowest BCUT2D eigenvalue weighted by atomic mass is 9.67. The van der Waals surface area contributed by atoms with Crippen LogP contribution in [0.15, 0.2) is 291 Å². The predicted molar refractivity (Wildman–Crippen MR) is 299 cm³/mol. The average Bonchev–Trinajstić information content (AvgIpc) is 3.74. The molecule has 0 aromatic heterocycles. The van der Waals surface area contributed by atoms with E-state index < -0.39 is 5.41 Å². The van der Waals surface area contributed by atoms with E-state index in [1.807, 2.05) is 0 Å². The van der Waals surface area contributed by atoms with Crippen LogP contribution in [0.3, 0.4) is 0 Å². The Kier molecular flexibility index (Phi) is 10.4. The Hall–Kier alpha value is -9.24. The van der Waals surface area contributed by atoms with Gasteiger partial charge in [-0.1, -0.05) is 212 Å². The van der Waals surface area contributed by atoms with Gasteiger partial charge in [-0.15, -0.1) is 0 Å². The second-order valence-corrected chi connectivity index (χ2v) is 18.5. The van der Waals surface area contributed by atoms with Crippen LogP contribution in [0.1, 0.15) is 22.3 Å². The van der Waals surface area contributed by atoms with Gasteiger partial charge in [-0.25, -0.2) is 0 Å². The van der Waals surface area contributed by atoms with Crippen molar-refractivity contribution < 1.29 is 0 Å². The Balaban J connectivity index is 1.02. The lowest BCUT2D eigenvalue weighted by Crippen LogP contribution is -2.28. The molecule has 0 aliphatic heterocycles. The molecule has 0 fully saturated rings. The smallest absolute Gasteiger partial charge is 0.0714 e. The van der Waals surface area contributed by atoms with Crippen LogP contribution in [0.4, 0.5) is 34.1 Å². The zero-order chi connectivity index (χ0) is 47.1. The fourth-order valence-electron chi connectivity index (χ4n) is 11.3. The van der Waals surface area contributed by atoms with Gasteiger partial charge in [0.2, 0.25) is 0 Å². The first-order valence-corrected chi connectivity index (χ1v) is 24.5. The number of hydrogen-bond donors (Lipinski definition) is 0. The Labute approximate surface area is 415 Å². The zero-order valence-electron chi connectivity index (χ0n) is 39.1. The maximum atomic E-state index is 2.50. The topological polar surface area (TPSA) is 6.48 Å². The molecule has 0 unspecified atom stereocenters. The third-order valence-corrected chi connectivity index (χ3v) is 14.4. The molecule has 12 aromatic carbocycles. The number of para-hydroxylation sites is 1. The summed E-state index contributed by atoms with van der Waals surface area (Å²) in [6, 6.07) is 107. The van der Waals surface area contributed by atoms with E-state index in [2.05, 4.69) is 301 Å². The average molecular weight is 905 g/mol. The highest BCUT2D eigenvalue weighted by Gasteiger charge is 2.46. The molecule has 2 nitrogen and oxygen atoms in total. The molecule has 0 amide bonds. The number of rotatable bonds is 10. The summed E-state index contributed by atoms with van der Waals surface area (Å²) in [5.41, 5.74) is 18.0. The summed E-state index contributed by atoms with van der Waals surface area (Å²) in [4.78, 5) is 4.82. The molecule has 0 spiro atoms. The van der Waals surface area contributed by atoms with E-state index >= 15 is 0 Å². The normalized spacial score (nSPS) is 12.3. The van der Waals surface area contributed by atoms with Gasteiger partial charge >= 0.3 is 0 Å². The van der Waals surface area contributed by atoms with Crippen LogP contribution in [-0.4, -0.2) is 0 Å². The van der Waals surface area contributed by atoms with Crippen molar-refractivity contribution in [2.75, 3.05) is 9.80 Å². The van der Waals surface area contributed by atoms with Crippen molar-refractivity contribution in [3.63, 3.8) is 0 Å². The summed E-state index contributed by atoms with van der Waals surface area (Å²) < 4.78 is 0.